The van der Waals surface area contributed by atoms with E-state index in [-0.39, 0.29) is 17.9 Å². The minimum Gasteiger partial charge on any atom is -0.350 e. The third-order valence-electron chi connectivity index (χ3n) is 3.30. The normalized spacial score (nSPS) is 15.2. The zero-order chi connectivity index (χ0) is 14.5. The number of piperidine rings is 1. The van der Waals surface area contributed by atoms with Crippen molar-refractivity contribution in [2.24, 2.45) is 0 Å². The van der Waals surface area contributed by atoms with Gasteiger partial charge >= 0.3 is 0 Å². The molecule has 0 aliphatic carbocycles. The standard InChI is InChI=1S/C15H21N3O2/c1-11(2)17-14(19)12-6-7-16-13(10-12)15(20)18-8-4-3-5-9-18/h6-7,10-11H,3-5,8-9H2,1-2H3,(H,17,19). The molecule has 2 heterocycles. The Morgan fingerprint density at radius 2 is 1.95 bits per heavy atom. The van der Waals surface area contributed by atoms with Crippen molar-refractivity contribution in [1.29, 1.82) is 0 Å². The minimum atomic E-state index is -0.171. The average molecular weight is 275 g/mol. The molecule has 0 atom stereocenters. The average Bonchev–Trinajstić information content (AvgIpc) is 2.47. The van der Waals surface area contributed by atoms with E-state index in [0.717, 1.165) is 25.9 Å². The highest BCUT2D eigenvalue weighted by atomic mass is 16.2. The van der Waals surface area contributed by atoms with E-state index in [4.69, 9.17) is 0 Å². The van der Waals surface area contributed by atoms with Crippen LogP contribution in [0.5, 0.6) is 0 Å². The molecule has 1 aliphatic rings. The van der Waals surface area contributed by atoms with Gasteiger partial charge in [0.1, 0.15) is 5.69 Å². The van der Waals surface area contributed by atoms with Crippen LogP contribution in [-0.2, 0) is 0 Å². The number of pyridine rings is 1. The first kappa shape index (κ1) is 14.5. The molecule has 1 N–H and O–H groups in total. The molecular formula is C15H21N3O2. The van der Waals surface area contributed by atoms with Crippen molar-refractivity contribution in [3.63, 3.8) is 0 Å². The number of aromatic nitrogens is 1. The molecule has 1 fully saturated rings. The lowest BCUT2D eigenvalue weighted by molar-refractivity contribution is 0.0718. The van der Waals surface area contributed by atoms with Crippen molar-refractivity contribution in [3.8, 4) is 0 Å². The maximum Gasteiger partial charge on any atom is 0.272 e. The fraction of sp³-hybridized carbons (Fsp3) is 0.533. The molecule has 5 heteroatoms. The molecule has 0 saturated carbocycles. The van der Waals surface area contributed by atoms with Crippen LogP contribution < -0.4 is 5.32 Å². The van der Waals surface area contributed by atoms with E-state index in [0.29, 0.717) is 11.3 Å². The molecule has 0 aromatic carbocycles. The quantitative estimate of drug-likeness (QED) is 0.915. The van der Waals surface area contributed by atoms with Crippen molar-refractivity contribution < 1.29 is 9.59 Å². The Kier molecular flexibility index (Phi) is 4.71. The largest absolute Gasteiger partial charge is 0.350 e. The van der Waals surface area contributed by atoms with Crippen LogP contribution in [0.2, 0.25) is 0 Å². The summed E-state index contributed by atoms with van der Waals surface area (Å²) in [5.74, 6) is -0.251. The lowest BCUT2D eigenvalue weighted by Crippen LogP contribution is -2.36. The first-order valence-electron chi connectivity index (χ1n) is 7.14. The molecule has 2 rings (SSSR count). The van der Waals surface area contributed by atoms with Gasteiger partial charge in [-0.05, 0) is 45.2 Å². The van der Waals surface area contributed by atoms with Crippen LogP contribution in [0.25, 0.3) is 0 Å². The molecule has 0 radical (unpaired) electrons. The van der Waals surface area contributed by atoms with Crippen LogP contribution in [0.1, 0.15) is 54.0 Å². The highest BCUT2D eigenvalue weighted by molar-refractivity contribution is 5.98. The zero-order valence-corrected chi connectivity index (χ0v) is 12.1. The number of carbonyl (C=O) groups excluding carboxylic acids is 2. The SMILES string of the molecule is CC(C)NC(=O)c1ccnc(C(=O)N2CCCCC2)c1. The van der Waals surface area contributed by atoms with E-state index < -0.39 is 0 Å². The summed E-state index contributed by atoms with van der Waals surface area (Å²) in [6.45, 7) is 5.36. The number of hydrogen-bond donors (Lipinski definition) is 1. The predicted octanol–water partition coefficient (Wildman–Crippen LogP) is 1.85. The molecule has 0 bridgehead atoms. The number of nitrogens with one attached hydrogen (secondary N) is 1. The Morgan fingerprint density at radius 3 is 2.60 bits per heavy atom. The van der Waals surface area contributed by atoms with Crippen LogP contribution in [0.15, 0.2) is 18.3 Å². The number of carbonyl (C=O) groups is 2. The van der Waals surface area contributed by atoms with Gasteiger partial charge in [-0.15, -0.1) is 0 Å². The van der Waals surface area contributed by atoms with Crippen LogP contribution in [0.4, 0.5) is 0 Å². The van der Waals surface area contributed by atoms with E-state index in [2.05, 4.69) is 10.3 Å². The highest BCUT2D eigenvalue weighted by Gasteiger charge is 2.20. The van der Waals surface area contributed by atoms with Gasteiger partial charge in [0.2, 0.25) is 0 Å². The smallest absolute Gasteiger partial charge is 0.272 e. The molecule has 1 aromatic heterocycles. The van der Waals surface area contributed by atoms with Crippen LogP contribution in [0, 0.1) is 0 Å². The maximum absolute atomic E-state index is 12.3. The molecule has 1 aromatic rings. The lowest BCUT2D eigenvalue weighted by atomic mass is 10.1. The highest BCUT2D eigenvalue weighted by Crippen LogP contribution is 2.12. The first-order valence-corrected chi connectivity index (χ1v) is 7.14. The summed E-state index contributed by atoms with van der Waals surface area (Å²) in [6, 6.07) is 3.27. The molecule has 20 heavy (non-hydrogen) atoms. The second-order valence-corrected chi connectivity index (χ2v) is 5.41. The van der Waals surface area contributed by atoms with Gasteiger partial charge in [-0.3, -0.25) is 14.6 Å². The van der Waals surface area contributed by atoms with E-state index in [1.54, 1.807) is 12.1 Å². The number of likely N-dealkylation sites (tertiary alicyclic amines) is 1. The molecule has 5 nitrogen and oxygen atoms in total. The summed E-state index contributed by atoms with van der Waals surface area (Å²) in [7, 11) is 0. The van der Waals surface area contributed by atoms with Gasteiger partial charge in [-0.25, -0.2) is 0 Å². The molecule has 0 spiro atoms. The predicted molar refractivity (Wildman–Crippen MR) is 76.6 cm³/mol. The van der Waals surface area contributed by atoms with E-state index in [1.165, 1.54) is 12.6 Å². The Balaban J connectivity index is 2.12. The van der Waals surface area contributed by atoms with Crippen LogP contribution in [-0.4, -0.2) is 40.8 Å². The molecular weight excluding hydrogens is 254 g/mol. The van der Waals surface area contributed by atoms with Crippen molar-refractivity contribution in [3.05, 3.63) is 29.6 Å². The van der Waals surface area contributed by atoms with Gasteiger partial charge in [-0.2, -0.15) is 0 Å². The van der Waals surface area contributed by atoms with Gasteiger partial charge < -0.3 is 10.2 Å². The van der Waals surface area contributed by atoms with Crippen molar-refractivity contribution in [2.75, 3.05) is 13.1 Å². The van der Waals surface area contributed by atoms with Crippen molar-refractivity contribution in [2.45, 2.75) is 39.2 Å². The summed E-state index contributed by atoms with van der Waals surface area (Å²) < 4.78 is 0. The van der Waals surface area contributed by atoms with E-state index in [9.17, 15) is 9.59 Å². The lowest BCUT2D eigenvalue weighted by Gasteiger charge is -2.26. The van der Waals surface area contributed by atoms with Gasteiger partial charge in [0.25, 0.3) is 11.8 Å². The summed E-state index contributed by atoms with van der Waals surface area (Å²) in [6.07, 6.45) is 4.78. The fourth-order valence-corrected chi connectivity index (χ4v) is 2.29. The second kappa shape index (κ2) is 6.50. The summed E-state index contributed by atoms with van der Waals surface area (Å²) in [5, 5.41) is 2.81. The van der Waals surface area contributed by atoms with Gasteiger partial charge in [0.15, 0.2) is 0 Å². The van der Waals surface area contributed by atoms with E-state index in [1.807, 2.05) is 18.7 Å². The van der Waals surface area contributed by atoms with Crippen molar-refractivity contribution in [1.82, 2.24) is 15.2 Å². The summed E-state index contributed by atoms with van der Waals surface area (Å²) in [5.41, 5.74) is 0.831. The Bertz CT molecular complexity index is 494. The monoisotopic (exact) mass is 275 g/mol. The Morgan fingerprint density at radius 1 is 1.25 bits per heavy atom. The Labute approximate surface area is 119 Å². The summed E-state index contributed by atoms with van der Waals surface area (Å²) in [4.78, 5) is 30.2. The Hall–Kier alpha value is -1.91. The van der Waals surface area contributed by atoms with Gasteiger partial charge in [-0.1, -0.05) is 0 Å². The number of nitrogens with zero attached hydrogens (tertiary/aromatic N) is 2. The van der Waals surface area contributed by atoms with Crippen LogP contribution in [0.3, 0.4) is 0 Å². The van der Waals surface area contributed by atoms with E-state index >= 15 is 0 Å². The van der Waals surface area contributed by atoms with Crippen LogP contribution >= 0.6 is 0 Å². The second-order valence-electron chi connectivity index (χ2n) is 5.41. The number of amides is 2. The first-order chi connectivity index (χ1) is 9.58. The molecule has 108 valence electrons. The fourth-order valence-electron chi connectivity index (χ4n) is 2.29. The minimum absolute atomic E-state index is 0.0666. The summed E-state index contributed by atoms with van der Waals surface area (Å²) >= 11 is 0. The third-order valence-corrected chi connectivity index (χ3v) is 3.30. The molecule has 2 amide bonds. The van der Waals surface area contributed by atoms with Gasteiger partial charge in [0.05, 0.1) is 0 Å². The molecule has 1 aliphatic heterocycles. The topological polar surface area (TPSA) is 62.3 Å². The van der Waals surface area contributed by atoms with Gasteiger partial charge in [0, 0.05) is 30.9 Å². The third kappa shape index (κ3) is 3.56. The maximum atomic E-state index is 12.3. The van der Waals surface area contributed by atoms with Crippen molar-refractivity contribution >= 4 is 11.8 Å². The molecule has 1 saturated heterocycles. The zero-order valence-electron chi connectivity index (χ0n) is 12.1. The number of rotatable bonds is 3. The number of hydrogen-bond acceptors (Lipinski definition) is 3. The molecule has 0 unspecified atom stereocenters.